The van der Waals surface area contributed by atoms with Crippen LogP contribution in [0.2, 0.25) is 0 Å². The number of rotatable bonds is 1. The first-order valence-corrected chi connectivity index (χ1v) is 4.72. The molecule has 0 saturated heterocycles. The molecule has 90 valence electrons. The van der Waals surface area contributed by atoms with Crippen molar-refractivity contribution in [1.82, 2.24) is 9.78 Å². The molecule has 1 heterocycles. The molecule has 0 aliphatic rings. The molecule has 1 rings (SSSR count). The third-order valence-corrected chi connectivity index (χ3v) is 2.05. The lowest BCUT2D eigenvalue weighted by molar-refractivity contribution is -0.146. The van der Waals surface area contributed by atoms with E-state index in [0.29, 0.717) is 0 Å². The number of halogens is 3. The van der Waals surface area contributed by atoms with E-state index in [0.717, 1.165) is 17.8 Å². The van der Waals surface area contributed by atoms with Crippen LogP contribution in [0, 0.1) is 0 Å². The number of ketones is 1. The molecule has 0 fully saturated rings. The first-order valence-electron chi connectivity index (χ1n) is 4.72. The molecule has 0 saturated carbocycles. The van der Waals surface area contributed by atoms with Crippen LogP contribution in [0.4, 0.5) is 13.2 Å². The van der Waals surface area contributed by atoms with Crippen LogP contribution < -0.4 is 0 Å². The van der Waals surface area contributed by atoms with Gasteiger partial charge in [0.1, 0.15) is 0 Å². The topological polar surface area (TPSA) is 34.9 Å². The van der Waals surface area contributed by atoms with Gasteiger partial charge in [-0.2, -0.15) is 18.3 Å². The van der Waals surface area contributed by atoms with Crippen LogP contribution in [0.1, 0.15) is 43.7 Å². The van der Waals surface area contributed by atoms with E-state index in [2.05, 4.69) is 5.10 Å². The summed E-state index contributed by atoms with van der Waals surface area (Å²) in [5.74, 6) is -0.636. The van der Waals surface area contributed by atoms with Gasteiger partial charge in [0.05, 0.1) is 17.3 Å². The molecule has 0 aromatic carbocycles. The Kier molecular flexibility index (Phi) is 2.87. The molecule has 1 aromatic rings. The molecule has 3 nitrogen and oxygen atoms in total. The smallest absolute Gasteiger partial charge is 0.294 e. The molecule has 16 heavy (non-hydrogen) atoms. The van der Waals surface area contributed by atoms with Gasteiger partial charge >= 0.3 is 6.18 Å². The summed E-state index contributed by atoms with van der Waals surface area (Å²) in [5.41, 5.74) is -2.19. The second kappa shape index (κ2) is 3.61. The molecular formula is C10H13F3N2O. The van der Waals surface area contributed by atoms with Crippen LogP contribution in [0.25, 0.3) is 0 Å². The lowest BCUT2D eigenvalue weighted by atomic mass is 10.1. The van der Waals surface area contributed by atoms with Crippen LogP contribution in [0.5, 0.6) is 0 Å². The Labute approximate surface area is 91.3 Å². The molecule has 1 aromatic heterocycles. The Morgan fingerprint density at radius 3 is 2.12 bits per heavy atom. The summed E-state index contributed by atoms with van der Waals surface area (Å²) in [7, 11) is 0. The summed E-state index contributed by atoms with van der Waals surface area (Å²) in [6.45, 7) is 5.89. The minimum absolute atomic E-state index is 0.387. The summed E-state index contributed by atoms with van der Waals surface area (Å²) < 4.78 is 39.3. The lowest BCUT2D eigenvalue weighted by Crippen LogP contribution is -2.29. The van der Waals surface area contributed by atoms with Crippen molar-refractivity contribution < 1.29 is 18.0 Å². The van der Waals surface area contributed by atoms with Gasteiger partial charge in [-0.1, -0.05) is 0 Å². The number of hydrogen-bond acceptors (Lipinski definition) is 2. The highest BCUT2D eigenvalue weighted by Gasteiger charge is 2.41. The second-order valence-electron chi connectivity index (χ2n) is 4.54. The minimum atomic E-state index is -4.58. The van der Waals surface area contributed by atoms with E-state index in [1.165, 1.54) is 0 Å². The van der Waals surface area contributed by atoms with Gasteiger partial charge in [0.25, 0.3) is 0 Å². The Morgan fingerprint density at radius 2 is 1.81 bits per heavy atom. The minimum Gasteiger partial charge on any atom is -0.294 e. The highest BCUT2D eigenvalue weighted by atomic mass is 19.4. The third kappa shape index (κ3) is 2.25. The average molecular weight is 234 g/mol. The van der Waals surface area contributed by atoms with E-state index in [1.807, 2.05) is 0 Å². The number of aromatic nitrogens is 2. The molecule has 0 N–H and O–H groups in total. The van der Waals surface area contributed by atoms with Crippen molar-refractivity contribution in [3.05, 3.63) is 17.5 Å². The molecule has 0 aliphatic heterocycles. The van der Waals surface area contributed by atoms with Crippen molar-refractivity contribution in [2.75, 3.05) is 0 Å². The monoisotopic (exact) mass is 234 g/mol. The van der Waals surface area contributed by atoms with Crippen LogP contribution in [0.3, 0.4) is 0 Å². The molecule has 0 atom stereocenters. The van der Waals surface area contributed by atoms with Gasteiger partial charge in [-0.25, -0.2) is 0 Å². The Hall–Kier alpha value is -1.33. The molecule has 0 unspecified atom stereocenters. The summed E-state index contributed by atoms with van der Waals surface area (Å²) >= 11 is 0. The highest BCUT2D eigenvalue weighted by Crippen LogP contribution is 2.34. The number of carbonyl (C=O) groups excluding carboxylic acids is 1. The van der Waals surface area contributed by atoms with Gasteiger partial charge in [-0.05, 0) is 27.7 Å². The van der Waals surface area contributed by atoms with Crippen molar-refractivity contribution in [2.45, 2.75) is 39.4 Å². The van der Waals surface area contributed by atoms with E-state index < -0.39 is 23.2 Å². The lowest BCUT2D eigenvalue weighted by Gasteiger charge is -2.23. The zero-order chi connectivity index (χ0) is 12.7. The largest absolute Gasteiger partial charge is 0.433 e. The van der Waals surface area contributed by atoms with Gasteiger partial charge in [0, 0.05) is 0 Å². The van der Waals surface area contributed by atoms with Crippen molar-refractivity contribution in [3.63, 3.8) is 0 Å². The van der Waals surface area contributed by atoms with Crippen molar-refractivity contribution in [3.8, 4) is 0 Å². The van der Waals surface area contributed by atoms with Crippen LogP contribution in [-0.2, 0) is 11.7 Å². The molecule has 0 aliphatic carbocycles. The summed E-state index contributed by atoms with van der Waals surface area (Å²) in [6, 6.07) is 0. The average Bonchev–Trinajstić information content (AvgIpc) is 2.43. The Balaban J connectivity index is 3.50. The zero-order valence-corrected chi connectivity index (χ0v) is 9.51. The van der Waals surface area contributed by atoms with E-state index >= 15 is 0 Å². The van der Waals surface area contributed by atoms with Crippen molar-refractivity contribution in [1.29, 1.82) is 0 Å². The van der Waals surface area contributed by atoms with E-state index in [4.69, 9.17) is 0 Å². The Morgan fingerprint density at radius 1 is 1.31 bits per heavy atom. The molecule has 6 heteroatoms. The molecular weight excluding hydrogens is 221 g/mol. The molecule has 0 spiro atoms. The Bertz CT molecular complexity index is 413. The zero-order valence-electron chi connectivity index (χ0n) is 9.51. The fourth-order valence-electron chi connectivity index (χ4n) is 1.39. The maximum atomic E-state index is 12.8. The first-order chi connectivity index (χ1) is 7.05. The van der Waals surface area contributed by atoms with E-state index in [9.17, 15) is 18.0 Å². The number of nitrogens with zero attached hydrogens (tertiary/aromatic N) is 2. The number of Topliss-reactive ketones (excluding diaryl/α,β-unsaturated/α-hetero) is 1. The normalized spacial score (nSPS) is 12.9. The second-order valence-corrected chi connectivity index (χ2v) is 4.54. The fourth-order valence-corrected chi connectivity index (χ4v) is 1.39. The van der Waals surface area contributed by atoms with Gasteiger partial charge in [-0.15, -0.1) is 0 Å². The van der Waals surface area contributed by atoms with Crippen LogP contribution in [0.15, 0.2) is 6.20 Å². The summed E-state index contributed by atoms with van der Waals surface area (Å²) in [5, 5.41) is 3.65. The number of hydrogen-bond donors (Lipinski definition) is 0. The van der Waals surface area contributed by atoms with Gasteiger partial charge in [0.2, 0.25) is 0 Å². The van der Waals surface area contributed by atoms with Gasteiger partial charge in [0.15, 0.2) is 11.5 Å². The standard InChI is InChI=1S/C10H13F3N2O/c1-6(16)7-5-14-15(9(2,3)4)8(7)10(11,12)13/h5H,1-4H3. The van der Waals surface area contributed by atoms with E-state index in [-0.39, 0.29) is 5.56 Å². The summed E-state index contributed by atoms with van der Waals surface area (Å²) in [4.78, 5) is 11.1. The number of alkyl halides is 3. The van der Waals surface area contributed by atoms with Crippen LogP contribution >= 0.6 is 0 Å². The van der Waals surface area contributed by atoms with Gasteiger partial charge < -0.3 is 0 Å². The first kappa shape index (κ1) is 12.7. The molecule has 0 radical (unpaired) electrons. The van der Waals surface area contributed by atoms with E-state index in [1.54, 1.807) is 20.8 Å². The maximum absolute atomic E-state index is 12.8. The van der Waals surface area contributed by atoms with Crippen LogP contribution in [-0.4, -0.2) is 15.6 Å². The van der Waals surface area contributed by atoms with Crippen molar-refractivity contribution in [2.24, 2.45) is 0 Å². The molecule has 0 amide bonds. The predicted octanol–water partition coefficient (Wildman–Crippen LogP) is 2.86. The summed E-state index contributed by atoms with van der Waals surface area (Å²) in [6.07, 6.45) is -3.61. The quantitative estimate of drug-likeness (QED) is 0.700. The molecule has 0 bridgehead atoms. The highest BCUT2D eigenvalue weighted by molar-refractivity contribution is 5.95. The third-order valence-electron chi connectivity index (χ3n) is 2.05. The predicted molar refractivity (Wildman–Crippen MR) is 52.2 cm³/mol. The van der Waals surface area contributed by atoms with Crippen molar-refractivity contribution >= 4 is 5.78 Å². The van der Waals surface area contributed by atoms with Gasteiger partial charge in [-0.3, -0.25) is 9.48 Å². The number of carbonyl (C=O) groups is 1. The maximum Gasteiger partial charge on any atom is 0.433 e. The SMILES string of the molecule is CC(=O)c1cnn(C(C)(C)C)c1C(F)(F)F. The fraction of sp³-hybridized carbons (Fsp3) is 0.600.